The van der Waals surface area contributed by atoms with Gasteiger partial charge in [0.15, 0.2) is 0 Å². The highest BCUT2D eigenvalue weighted by Crippen LogP contribution is 2.49. The highest BCUT2D eigenvalue weighted by Gasteiger charge is 2.52. The smallest absolute Gasteiger partial charge is 0.309 e. The Hall–Kier alpha value is -3.32. The Labute approximate surface area is 247 Å². The van der Waals surface area contributed by atoms with E-state index in [0.29, 0.717) is 32.2 Å². The van der Waals surface area contributed by atoms with Gasteiger partial charge in [-0.3, -0.25) is 14.4 Å². The largest absolute Gasteiger partial charge is 0.496 e. The Balaban J connectivity index is 1.30. The third-order valence-electron chi connectivity index (χ3n) is 10.7. The van der Waals surface area contributed by atoms with Gasteiger partial charge in [-0.25, -0.2) is 0 Å². The SMILES string of the molecule is COc1cc(C#N)c(OC2CCC(C)(C(=O)O)CC2)cc1C(=O)NC1C2CCC(C2)C1C(=O)NCC1(CO)CCCC1. The molecule has 4 aliphatic rings. The first kappa shape index (κ1) is 30.1. The van der Waals surface area contributed by atoms with Crippen LogP contribution in [0.25, 0.3) is 0 Å². The second kappa shape index (κ2) is 12.1. The van der Waals surface area contributed by atoms with E-state index in [1.807, 2.05) is 0 Å². The highest BCUT2D eigenvalue weighted by molar-refractivity contribution is 5.98. The summed E-state index contributed by atoms with van der Waals surface area (Å²) in [5.41, 5.74) is -0.577. The average Bonchev–Trinajstić information content (AvgIpc) is 3.74. The summed E-state index contributed by atoms with van der Waals surface area (Å²) in [6.07, 6.45) is 8.45. The van der Waals surface area contributed by atoms with Gasteiger partial charge >= 0.3 is 5.97 Å². The van der Waals surface area contributed by atoms with Crippen LogP contribution in [0.4, 0.5) is 0 Å². The summed E-state index contributed by atoms with van der Waals surface area (Å²) in [7, 11) is 1.44. The molecular formula is C32H43N3O7. The van der Waals surface area contributed by atoms with Gasteiger partial charge in [0, 0.05) is 24.1 Å². The number of carboxylic acids is 1. The zero-order chi connectivity index (χ0) is 30.1. The monoisotopic (exact) mass is 581 g/mol. The molecule has 42 heavy (non-hydrogen) atoms. The van der Waals surface area contributed by atoms with Crippen molar-refractivity contribution in [3.63, 3.8) is 0 Å². The number of nitrogens with one attached hydrogen (secondary N) is 2. The van der Waals surface area contributed by atoms with Crippen molar-refractivity contribution in [3.8, 4) is 17.6 Å². The molecule has 10 nitrogen and oxygen atoms in total. The van der Waals surface area contributed by atoms with Crippen LogP contribution in [-0.2, 0) is 9.59 Å². The number of benzene rings is 1. The van der Waals surface area contributed by atoms with Crippen molar-refractivity contribution in [2.75, 3.05) is 20.3 Å². The zero-order valence-electron chi connectivity index (χ0n) is 24.6. The van der Waals surface area contributed by atoms with Gasteiger partial charge in [-0.15, -0.1) is 0 Å². The minimum atomic E-state index is -0.818. The average molecular weight is 582 g/mol. The molecule has 1 aromatic carbocycles. The van der Waals surface area contributed by atoms with E-state index in [1.54, 1.807) is 6.92 Å². The number of rotatable bonds is 10. The maximum Gasteiger partial charge on any atom is 0.309 e. The molecular weight excluding hydrogens is 538 g/mol. The number of fused-ring (bicyclic) bond motifs is 2. The van der Waals surface area contributed by atoms with Crippen molar-refractivity contribution in [2.24, 2.45) is 28.6 Å². The van der Waals surface area contributed by atoms with Crippen LogP contribution in [0.3, 0.4) is 0 Å². The molecule has 4 unspecified atom stereocenters. The molecule has 10 heteroatoms. The van der Waals surface area contributed by atoms with Gasteiger partial charge < -0.3 is 30.3 Å². The predicted octanol–water partition coefficient (Wildman–Crippen LogP) is 3.79. The van der Waals surface area contributed by atoms with Crippen LogP contribution in [0.15, 0.2) is 12.1 Å². The summed E-state index contributed by atoms with van der Waals surface area (Å²) in [5, 5.41) is 35.6. The Bertz CT molecular complexity index is 1240. The lowest BCUT2D eigenvalue weighted by atomic mass is 9.75. The van der Waals surface area contributed by atoms with E-state index in [4.69, 9.17) is 9.47 Å². The number of aliphatic hydroxyl groups is 1. The Morgan fingerprint density at radius 3 is 2.36 bits per heavy atom. The lowest BCUT2D eigenvalue weighted by Crippen LogP contribution is -2.51. The topological polar surface area (TPSA) is 158 Å². The van der Waals surface area contributed by atoms with E-state index in [9.17, 15) is 29.9 Å². The predicted molar refractivity (Wildman–Crippen MR) is 153 cm³/mol. The molecule has 1 aromatic rings. The second-order valence-corrected chi connectivity index (χ2v) is 13.3. The molecule has 228 valence electrons. The second-order valence-electron chi connectivity index (χ2n) is 13.3. The third kappa shape index (κ3) is 5.81. The van der Waals surface area contributed by atoms with Gasteiger partial charge in [-0.1, -0.05) is 12.8 Å². The molecule has 0 heterocycles. The van der Waals surface area contributed by atoms with Crippen molar-refractivity contribution < 1.29 is 34.1 Å². The molecule has 0 radical (unpaired) electrons. The van der Waals surface area contributed by atoms with E-state index < -0.39 is 11.4 Å². The molecule has 0 saturated heterocycles. The first-order chi connectivity index (χ1) is 20.1. The van der Waals surface area contributed by atoms with Crippen LogP contribution in [0, 0.1) is 39.9 Å². The van der Waals surface area contributed by atoms with E-state index in [1.165, 1.54) is 19.2 Å². The maximum absolute atomic E-state index is 13.7. The minimum Gasteiger partial charge on any atom is -0.496 e. The number of carboxylic acid groups (broad SMARTS) is 1. The van der Waals surface area contributed by atoms with Crippen LogP contribution in [-0.4, -0.2) is 60.4 Å². The number of hydrogen-bond donors (Lipinski definition) is 4. The molecule has 2 bridgehead atoms. The third-order valence-corrected chi connectivity index (χ3v) is 10.7. The van der Waals surface area contributed by atoms with Crippen LogP contribution in [0.1, 0.15) is 93.5 Å². The van der Waals surface area contributed by atoms with E-state index in [0.717, 1.165) is 44.9 Å². The zero-order valence-corrected chi connectivity index (χ0v) is 24.6. The fraction of sp³-hybridized carbons (Fsp3) is 0.688. The quantitative estimate of drug-likeness (QED) is 0.325. The number of nitrogens with zero attached hydrogens (tertiary/aromatic N) is 1. The van der Waals surface area contributed by atoms with Crippen LogP contribution in [0.2, 0.25) is 0 Å². The molecule has 4 atom stereocenters. The first-order valence-corrected chi connectivity index (χ1v) is 15.3. The summed E-state index contributed by atoms with van der Waals surface area (Å²) < 4.78 is 11.7. The Kier molecular flexibility index (Phi) is 8.70. The van der Waals surface area contributed by atoms with Crippen molar-refractivity contribution in [1.82, 2.24) is 10.6 Å². The fourth-order valence-corrected chi connectivity index (χ4v) is 7.84. The van der Waals surface area contributed by atoms with Gasteiger partial charge in [0.25, 0.3) is 5.91 Å². The van der Waals surface area contributed by atoms with Crippen molar-refractivity contribution in [2.45, 2.75) is 89.7 Å². The highest BCUT2D eigenvalue weighted by atomic mass is 16.5. The number of methoxy groups -OCH3 is 1. The summed E-state index contributed by atoms with van der Waals surface area (Å²) >= 11 is 0. The van der Waals surface area contributed by atoms with Crippen molar-refractivity contribution in [1.29, 1.82) is 5.26 Å². The molecule has 0 aromatic heterocycles. The molecule has 2 amide bonds. The van der Waals surface area contributed by atoms with Crippen LogP contribution >= 0.6 is 0 Å². The summed E-state index contributed by atoms with van der Waals surface area (Å²) in [6.45, 7) is 2.26. The van der Waals surface area contributed by atoms with Crippen LogP contribution in [0.5, 0.6) is 11.5 Å². The number of ether oxygens (including phenoxy) is 2. The molecule has 0 spiro atoms. The van der Waals surface area contributed by atoms with Crippen LogP contribution < -0.4 is 20.1 Å². The van der Waals surface area contributed by atoms with E-state index in [2.05, 4.69) is 16.7 Å². The number of amides is 2. The standard InChI is InChI=1S/C32H43N3O7/c1-31(30(39)40)11-7-22(8-12-31)42-24-15-23(25(41-2)14-21(24)16-33)28(37)35-27-20-6-5-19(13-20)26(27)29(38)34-17-32(18-36)9-3-4-10-32/h14-15,19-20,22,26-27,36H,3-13,17-18H2,1-2H3,(H,34,38)(H,35,37)(H,39,40). The van der Waals surface area contributed by atoms with Crippen molar-refractivity contribution >= 4 is 17.8 Å². The number of aliphatic carboxylic acids is 1. The van der Waals surface area contributed by atoms with E-state index >= 15 is 0 Å². The van der Waals surface area contributed by atoms with Gasteiger partial charge in [-0.2, -0.15) is 5.26 Å². The summed E-state index contributed by atoms with van der Waals surface area (Å²) in [4.78, 5) is 38.9. The first-order valence-electron chi connectivity index (χ1n) is 15.3. The van der Waals surface area contributed by atoms with Gasteiger partial charge in [0.1, 0.15) is 17.6 Å². The molecule has 4 saturated carbocycles. The molecule has 4 aliphatic carbocycles. The normalized spacial score (nSPS) is 31.2. The lowest BCUT2D eigenvalue weighted by Gasteiger charge is -2.34. The number of hydrogen-bond acceptors (Lipinski definition) is 7. The molecule has 4 N–H and O–H groups in total. The van der Waals surface area contributed by atoms with Gasteiger partial charge in [0.2, 0.25) is 5.91 Å². The number of carbonyl (C=O) groups excluding carboxylic acids is 2. The summed E-state index contributed by atoms with van der Waals surface area (Å²) in [6, 6.07) is 4.83. The maximum atomic E-state index is 13.7. The van der Waals surface area contributed by atoms with E-state index in [-0.39, 0.29) is 76.4 Å². The van der Waals surface area contributed by atoms with Crippen molar-refractivity contribution in [3.05, 3.63) is 23.3 Å². The number of carbonyl (C=O) groups is 3. The lowest BCUT2D eigenvalue weighted by molar-refractivity contribution is -0.150. The van der Waals surface area contributed by atoms with Gasteiger partial charge in [-0.05, 0) is 82.6 Å². The Morgan fingerprint density at radius 2 is 1.74 bits per heavy atom. The molecule has 5 rings (SSSR count). The summed E-state index contributed by atoms with van der Waals surface area (Å²) in [5.74, 6) is -0.682. The van der Waals surface area contributed by atoms with Gasteiger partial charge in [0.05, 0.1) is 42.3 Å². The minimum absolute atomic E-state index is 0.0614. The molecule has 4 fully saturated rings. The Morgan fingerprint density at radius 1 is 1.05 bits per heavy atom. The fourth-order valence-electron chi connectivity index (χ4n) is 7.84. The number of nitriles is 1. The molecule has 0 aliphatic heterocycles. The number of aliphatic hydroxyl groups excluding tert-OH is 1.